The molecule has 0 unspecified atom stereocenters. The van der Waals surface area contributed by atoms with Crippen LogP contribution in [0.1, 0.15) is 20.8 Å². The topological polar surface area (TPSA) is 18.8 Å². The van der Waals surface area contributed by atoms with Crippen LogP contribution in [0.5, 0.6) is 0 Å². The Balaban J connectivity index is 2.69. The summed E-state index contributed by atoms with van der Waals surface area (Å²) >= 11 is 0. The first-order valence-corrected chi connectivity index (χ1v) is 9.80. The Labute approximate surface area is 171 Å². The van der Waals surface area contributed by atoms with Crippen molar-refractivity contribution in [2.45, 2.75) is 20.8 Å². The van der Waals surface area contributed by atoms with Crippen LogP contribution in [-0.4, -0.2) is 48.4 Å². The highest BCUT2D eigenvalue weighted by Gasteiger charge is 2.18. The lowest BCUT2D eigenvalue weighted by Gasteiger charge is -2.36. The van der Waals surface area contributed by atoms with Gasteiger partial charge in [-0.3, -0.25) is 4.90 Å². The molecule has 28 heavy (non-hydrogen) atoms. The van der Waals surface area contributed by atoms with Crippen molar-refractivity contribution in [2.75, 3.05) is 32.7 Å². The maximum Gasteiger partial charge on any atom is 0.128 e. The Hall–Kier alpha value is -2.65. The fourth-order valence-electron chi connectivity index (χ4n) is 2.82. The lowest BCUT2D eigenvalue weighted by atomic mass is 10.1. The predicted octanol–water partition coefficient (Wildman–Crippen LogP) is 5.47. The minimum absolute atomic E-state index is 0.914. The van der Waals surface area contributed by atoms with Crippen LogP contribution in [0.15, 0.2) is 102 Å². The fraction of sp³-hybridized carbons (Fsp3) is 0.320. The highest BCUT2D eigenvalue weighted by atomic mass is 15.3. The van der Waals surface area contributed by atoms with Crippen molar-refractivity contribution in [1.82, 2.24) is 9.80 Å². The van der Waals surface area contributed by atoms with Gasteiger partial charge in [-0.25, -0.2) is 4.99 Å². The minimum Gasteiger partial charge on any atom is -0.354 e. The monoisotopic (exact) mass is 377 g/mol. The van der Waals surface area contributed by atoms with Gasteiger partial charge in [-0.1, -0.05) is 68.3 Å². The number of hydrogen-bond donors (Lipinski definition) is 0. The molecule has 0 N–H and O–H groups in total. The predicted molar refractivity (Wildman–Crippen MR) is 126 cm³/mol. The highest BCUT2D eigenvalue weighted by molar-refractivity contribution is 5.93. The summed E-state index contributed by atoms with van der Waals surface area (Å²) in [7, 11) is 0. The van der Waals surface area contributed by atoms with E-state index in [9.17, 15) is 0 Å². The van der Waals surface area contributed by atoms with Gasteiger partial charge in [0.15, 0.2) is 0 Å². The third kappa shape index (κ3) is 8.36. The van der Waals surface area contributed by atoms with Crippen LogP contribution in [-0.2, 0) is 0 Å². The molecule has 0 atom stereocenters. The third-order valence-corrected chi connectivity index (χ3v) is 4.67. The molecule has 3 nitrogen and oxygen atoms in total. The maximum atomic E-state index is 4.38. The largest absolute Gasteiger partial charge is 0.354 e. The minimum atomic E-state index is 0.914. The molecule has 1 fully saturated rings. The zero-order chi connectivity index (χ0) is 20.8. The van der Waals surface area contributed by atoms with Crippen LogP contribution in [0.4, 0.5) is 0 Å². The second kappa shape index (κ2) is 13.5. The molecule has 1 aliphatic rings. The van der Waals surface area contributed by atoms with Crippen LogP contribution in [0.25, 0.3) is 0 Å². The molecule has 0 radical (unpaired) electrons. The van der Waals surface area contributed by atoms with E-state index in [-0.39, 0.29) is 0 Å². The summed E-state index contributed by atoms with van der Waals surface area (Å²) in [6.07, 6.45) is 19.8. The first-order valence-electron chi connectivity index (χ1n) is 9.80. The molecule has 0 bridgehead atoms. The molecule has 1 saturated heterocycles. The molecule has 1 heterocycles. The molecular weight excluding hydrogens is 342 g/mol. The number of nitrogens with zero attached hydrogens (tertiary/aromatic N) is 3. The highest BCUT2D eigenvalue weighted by Crippen LogP contribution is 2.12. The Kier molecular flexibility index (Phi) is 11.3. The maximum absolute atomic E-state index is 4.38. The molecule has 0 amide bonds. The van der Waals surface area contributed by atoms with Gasteiger partial charge in [0.2, 0.25) is 0 Å². The fourth-order valence-corrected chi connectivity index (χ4v) is 2.82. The Morgan fingerprint density at radius 1 is 0.929 bits per heavy atom. The average Bonchev–Trinajstić information content (AvgIpc) is 2.71. The van der Waals surface area contributed by atoms with Gasteiger partial charge in [0, 0.05) is 38.9 Å². The van der Waals surface area contributed by atoms with Crippen molar-refractivity contribution < 1.29 is 0 Å². The van der Waals surface area contributed by atoms with Gasteiger partial charge in [0.25, 0.3) is 0 Å². The summed E-state index contributed by atoms with van der Waals surface area (Å²) in [6, 6.07) is 0. The van der Waals surface area contributed by atoms with Gasteiger partial charge < -0.3 is 4.90 Å². The van der Waals surface area contributed by atoms with Crippen molar-refractivity contribution in [3.8, 4) is 0 Å². The molecular formula is C25H35N3. The van der Waals surface area contributed by atoms with E-state index in [2.05, 4.69) is 66.6 Å². The van der Waals surface area contributed by atoms with Gasteiger partial charge in [-0.05, 0) is 43.6 Å². The third-order valence-electron chi connectivity index (χ3n) is 4.67. The molecule has 1 aliphatic heterocycles. The van der Waals surface area contributed by atoms with Gasteiger partial charge in [0.1, 0.15) is 5.84 Å². The first kappa shape index (κ1) is 23.4. The number of rotatable bonds is 9. The SMILES string of the molecule is C=C\C=C/C=C(C)/C(C)=C/C=C(\C=C)CN1CCN(C(/C=C\C)=NC=C)CC1. The van der Waals surface area contributed by atoms with Gasteiger partial charge in [-0.15, -0.1) is 0 Å². The number of allylic oxidation sites excluding steroid dienone is 9. The van der Waals surface area contributed by atoms with E-state index in [4.69, 9.17) is 0 Å². The smallest absolute Gasteiger partial charge is 0.128 e. The van der Waals surface area contributed by atoms with E-state index in [1.165, 1.54) is 16.7 Å². The number of amidine groups is 1. The lowest BCUT2D eigenvalue weighted by molar-refractivity contribution is 0.196. The van der Waals surface area contributed by atoms with Gasteiger partial charge in [-0.2, -0.15) is 0 Å². The van der Waals surface area contributed by atoms with Crippen molar-refractivity contribution in [3.05, 3.63) is 97.3 Å². The summed E-state index contributed by atoms with van der Waals surface area (Å²) in [5.74, 6) is 0.989. The van der Waals surface area contributed by atoms with Crippen LogP contribution in [0, 0.1) is 0 Å². The van der Waals surface area contributed by atoms with Crippen LogP contribution >= 0.6 is 0 Å². The average molecular weight is 378 g/mol. The molecule has 0 spiro atoms. The summed E-state index contributed by atoms with van der Waals surface area (Å²) in [5.41, 5.74) is 3.72. The second-order valence-corrected chi connectivity index (χ2v) is 6.70. The summed E-state index contributed by atoms with van der Waals surface area (Å²) in [6.45, 7) is 22.5. The van der Waals surface area contributed by atoms with Crippen LogP contribution in [0.2, 0.25) is 0 Å². The molecule has 0 aromatic heterocycles. The van der Waals surface area contributed by atoms with Crippen LogP contribution < -0.4 is 0 Å². The molecule has 150 valence electrons. The zero-order valence-corrected chi connectivity index (χ0v) is 17.8. The summed E-state index contributed by atoms with van der Waals surface area (Å²) < 4.78 is 0. The van der Waals surface area contributed by atoms with Crippen molar-refractivity contribution >= 4 is 5.84 Å². The van der Waals surface area contributed by atoms with E-state index in [0.29, 0.717) is 0 Å². The molecule has 0 aromatic carbocycles. The summed E-state index contributed by atoms with van der Waals surface area (Å²) in [5, 5.41) is 0. The van der Waals surface area contributed by atoms with Crippen LogP contribution in [0.3, 0.4) is 0 Å². The zero-order valence-electron chi connectivity index (χ0n) is 17.8. The van der Waals surface area contributed by atoms with Gasteiger partial charge in [0.05, 0.1) is 0 Å². The van der Waals surface area contributed by atoms with Crippen molar-refractivity contribution in [2.24, 2.45) is 4.99 Å². The van der Waals surface area contributed by atoms with E-state index in [0.717, 1.165) is 38.6 Å². The molecule has 3 heteroatoms. The quantitative estimate of drug-likeness (QED) is 0.301. The Morgan fingerprint density at radius 2 is 1.61 bits per heavy atom. The summed E-state index contributed by atoms with van der Waals surface area (Å²) in [4.78, 5) is 9.15. The van der Waals surface area contributed by atoms with Crippen molar-refractivity contribution in [3.63, 3.8) is 0 Å². The number of piperazine rings is 1. The Morgan fingerprint density at radius 3 is 2.18 bits per heavy atom. The number of hydrogen-bond acceptors (Lipinski definition) is 2. The Bertz CT molecular complexity index is 706. The second-order valence-electron chi connectivity index (χ2n) is 6.70. The van der Waals surface area contributed by atoms with E-state index >= 15 is 0 Å². The van der Waals surface area contributed by atoms with E-state index < -0.39 is 0 Å². The first-order chi connectivity index (χ1) is 13.5. The molecule has 0 aromatic rings. The van der Waals surface area contributed by atoms with Crippen molar-refractivity contribution in [1.29, 1.82) is 0 Å². The normalized spacial score (nSPS) is 18.2. The molecule has 0 saturated carbocycles. The molecule has 0 aliphatic carbocycles. The lowest BCUT2D eigenvalue weighted by Crippen LogP contribution is -2.48. The molecule has 1 rings (SSSR count). The van der Waals surface area contributed by atoms with E-state index in [1.54, 1.807) is 12.3 Å². The van der Waals surface area contributed by atoms with E-state index in [1.807, 2.05) is 37.3 Å². The number of aliphatic imine (C=N–C) groups is 1. The standard InChI is InChI=1S/C25H35N3/c1-7-11-12-14-22(5)23(6)15-16-24(9-3)21-27-17-19-28(20-18-27)25(13-8-2)26-10-4/h7-16H,1,3-4,17-21H2,2,5-6H3/b12-11-,13-8-,22-14+,23-15+,24-16+,26-25?. The van der Waals surface area contributed by atoms with Gasteiger partial charge >= 0.3 is 0 Å².